The van der Waals surface area contributed by atoms with Crippen molar-refractivity contribution < 1.29 is 0 Å². The standard InChI is InChI=1S/C10H21N/c1-8(2)10(4)9(3)6-5-7-11/h8-9H,4-7,11H2,1-3H3/t9-/m0/s1. The second kappa shape index (κ2) is 5.36. The zero-order valence-corrected chi connectivity index (χ0v) is 8.06. The Hall–Kier alpha value is -0.300. The molecule has 0 saturated heterocycles. The zero-order chi connectivity index (χ0) is 8.85. The fourth-order valence-electron chi connectivity index (χ4n) is 1.18. The number of hydrogen-bond acceptors (Lipinski definition) is 1. The molecule has 66 valence electrons. The Kier molecular flexibility index (Phi) is 5.22. The summed E-state index contributed by atoms with van der Waals surface area (Å²) < 4.78 is 0. The Labute approximate surface area is 70.7 Å². The molecule has 0 bridgehead atoms. The first-order chi connectivity index (χ1) is 5.09. The number of hydrogen-bond donors (Lipinski definition) is 1. The van der Waals surface area contributed by atoms with Gasteiger partial charge in [-0.2, -0.15) is 0 Å². The van der Waals surface area contributed by atoms with E-state index in [9.17, 15) is 0 Å². The summed E-state index contributed by atoms with van der Waals surface area (Å²) in [5.74, 6) is 1.25. The molecule has 0 aliphatic rings. The van der Waals surface area contributed by atoms with Crippen molar-refractivity contribution in [3.05, 3.63) is 12.2 Å². The minimum Gasteiger partial charge on any atom is -0.330 e. The molecule has 0 spiro atoms. The van der Waals surface area contributed by atoms with Gasteiger partial charge in [0.05, 0.1) is 0 Å². The van der Waals surface area contributed by atoms with Gasteiger partial charge in [0.2, 0.25) is 0 Å². The second-order valence-corrected chi connectivity index (χ2v) is 3.56. The van der Waals surface area contributed by atoms with Crippen LogP contribution in [0.3, 0.4) is 0 Å². The van der Waals surface area contributed by atoms with E-state index in [0.29, 0.717) is 11.8 Å². The van der Waals surface area contributed by atoms with E-state index >= 15 is 0 Å². The van der Waals surface area contributed by atoms with Crippen molar-refractivity contribution in [2.75, 3.05) is 6.54 Å². The third kappa shape index (κ3) is 4.20. The van der Waals surface area contributed by atoms with Crippen LogP contribution in [0.5, 0.6) is 0 Å². The highest BCUT2D eigenvalue weighted by Crippen LogP contribution is 2.21. The summed E-state index contributed by atoms with van der Waals surface area (Å²) in [5.41, 5.74) is 6.78. The summed E-state index contributed by atoms with van der Waals surface area (Å²) in [5, 5.41) is 0. The third-order valence-electron chi connectivity index (χ3n) is 2.22. The van der Waals surface area contributed by atoms with Gasteiger partial charge < -0.3 is 5.73 Å². The lowest BCUT2D eigenvalue weighted by Crippen LogP contribution is -2.07. The van der Waals surface area contributed by atoms with E-state index in [-0.39, 0.29) is 0 Å². The SMILES string of the molecule is C=C(C(C)C)[C@@H](C)CCCN. The van der Waals surface area contributed by atoms with Crippen LogP contribution in [0.25, 0.3) is 0 Å². The molecular weight excluding hydrogens is 134 g/mol. The second-order valence-electron chi connectivity index (χ2n) is 3.56. The molecule has 1 atom stereocenters. The summed E-state index contributed by atoms with van der Waals surface area (Å²) in [4.78, 5) is 0. The van der Waals surface area contributed by atoms with Gasteiger partial charge in [-0.05, 0) is 31.2 Å². The van der Waals surface area contributed by atoms with Crippen molar-refractivity contribution in [1.29, 1.82) is 0 Å². The lowest BCUT2D eigenvalue weighted by molar-refractivity contribution is 0.531. The average molecular weight is 155 g/mol. The van der Waals surface area contributed by atoms with Gasteiger partial charge in [0.1, 0.15) is 0 Å². The van der Waals surface area contributed by atoms with Gasteiger partial charge in [-0.25, -0.2) is 0 Å². The summed E-state index contributed by atoms with van der Waals surface area (Å²) in [7, 11) is 0. The van der Waals surface area contributed by atoms with Gasteiger partial charge in [0.15, 0.2) is 0 Å². The molecule has 0 aromatic carbocycles. The van der Waals surface area contributed by atoms with E-state index in [1.165, 1.54) is 12.0 Å². The van der Waals surface area contributed by atoms with Gasteiger partial charge in [-0.15, -0.1) is 0 Å². The summed E-state index contributed by atoms with van der Waals surface area (Å²) in [6.45, 7) is 11.5. The fourth-order valence-corrected chi connectivity index (χ4v) is 1.18. The quantitative estimate of drug-likeness (QED) is 0.607. The molecule has 0 amide bonds. The minimum atomic E-state index is 0.614. The molecule has 0 saturated carbocycles. The van der Waals surface area contributed by atoms with Gasteiger partial charge in [0.25, 0.3) is 0 Å². The van der Waals surface area contributed by atoms with Crippen molar-refractivity contribution in [2.45, 2.75) is 33.6 Å². The maximum absolute atomic E-state index is 5.42. The molecule has 0 fully saturated rings. The molecule has 2 N–H and O–H groups in total. The Balaban J connectivity index is 3.64. The van der Waals surface area contributed by atoms with Crippen LogP contribution in [0.2, 0.25) is 0 Å². The minimum absolute atomic E-state index is 0.614. The molecule has 0 aromatic rings. The fraction of sp³-hybridized carbons (Fsp3) is 0.800. The van der Waals surface area contributed by atoms with Crippen molar-refractivity contribution in [1.82, 2.24) is 0 Å². The maximum atomic E-state index is 5.42. The number of allylic oxidation sites excluding steroid dienone is 1. The monoisotopic (exact) mass is 155 g/mol. The van der Waals surface area contributed by atoms with E-state index in [2.05, 4.69) is 27.4 Å². The van der Waals surface area contributed by atoms with Crippen LogP contribution in [0, 0.1) is 11.8 Å². The first-order valence-corrected chi connectivity index (χ1v) is 4.48. The molecule has 0 unspecified atom stereocenters. The van der Waals surface area contributed by atoms with Crippen molar-refractivity contribution >= 4 is 0 Å². The Morgan fingerprint density at radius 3 is 2.27 bits per heavy atom. The van der Waals surface area contributed by atoms with Crippen LogP contribution >= 0.6 is 0 Å². The van der Waals surface area contributed by atoms with Gasteiger partial charge in [0, 0.05) is 0 Å². The van der Waals surface area contributed by atoms with Gasteiger partial charge in [-0.1, -0.05) is 32.9 Å². The predicted octanol–water partition coefficient (Wildman–Crippen LogP) is 2.57. The van der Waals surface area contributed by atoms with E-state index in [1.807, 2.05) is 0 Å². The molecule has 0 rings (SSSR count). The Morgan fingerprint density at radius 1 is 1.36 bits per heavy atom. The van der Waals surface area contributed by atoms with Crippen LogP contribution in [0.1, 0.15) is 33.6 Å². The van der Waals surface area contributed by atoms with Crippen LogP contribution < -0.4 is 5.73 Å². The lowest BCUT2D eigenvalue weighted by Gasteiger charge is -2.17. The first-order valence-electron chi connectivity index (χ1n) is 4.48. The highest BCUT2D eigenvalue weighted by atomic mass is 14.5. The van der Waals surface area contributed by atoms with Crippen LogP contribution in [0.4, 0.5) is 0 Å². The molecule has 0 aliphatic heterocycles. The van der Waals surface area contributed by atoms with Crippen LogP contribution in [-0.2, 0) is 0 Å². The van der Waals surface area contributed by atoms with Crippen molar-refractivity contribution in [3.8, 4) is 0 Å². The molecule has 1 heteroatoms. The first kappa shape index (κ1) is 10.7. The van der Waals surface area contributed by atoms with Crippen LogP contribution in [-0.4, -0.2) is 6.54 Å². The molecule has 0 heterocycles. The number of nitrogens with two attached hydrogens (primary N) is 1. The van der Waals surface area contributed by atoms with Crippen molar-refractivity contribution in [3.63, 3.8) is 0 Å². The molecule has 0 radical (unpaired) electrons. The molecule has 1 nitrogen and oxygen atoms in total. The van der Waals surface area contributed by atoms with E-state index in [4.69, 9.17) is 5.73 Å². The molecular formula is C10H21N. The largest absolute Gasteiger partial charge is 0.330 e. The highest BCUT2D eigenvalue weighted by Gasteiger charge is 2.08. The zero-order valence-electron chi connectivity index (χ0n) is 8.06. The third-order valence-corrected chi connectivity index (χ3v) is 2.22. The lowest BCUT2D eigenvalue weighted by atomic mass is 9.89. The summed E-state index contributed by atoms with van der Waals surface area (Å²) in [6.07, 6.45) is 2.31. The van der Waals surface area contributed by atoms with Crippen molar-refractivity contribution in [2.24, 2.45) is 17.6 Å². The Morgan fingerprint density at radius 2 is 1.91 bits per heavy atom. The molecule has 0 aromatic heterocycles. The van der Waals surface area contributed by atoms with E-state index in [1.54, 1.807) is 0 Å². The maximum Gasteiger partial charge on any atom is -0.00771 e. The van der Waals surface area contributed by atoms with Crippen LogP contribution in [0.15, 0.2) is 12.2 Å². The number of rotatable bonds is 5. The smallest absolute Gasteiger partial charge is 0.00771 e. The Bertz CT molecular complexity index is 116. The normalized spacial score (nSPS) is 13.5. The molecule has 0 aliphatic carbocycles. The highest BCUT2D eigenvalue weighted by molar-refractivity contribution is 5.01. The van der Waals surface area contributed by atoms with E-state index in [0.717, 1.165) is 13.0 Å². The average Bonchev–Trinajstić information content (AvgIpc) is 1.98. The van der Waals surface area contributed by atoms with Gasteiger partial charge in [-0.3, -0.25) is 0 Å². The predicted molar refractivity (Wildman–Crippen MR) is 51.4 cm³/mol. The molecule has 11 heavy (non-hydrogen) atoms. The van der Waals surface area contributed by atoms with E-state index < -0.39 is 0 Å². The van der Waals surface area contributed by atoms with Gasteiger partial charge >= 0.3 is 0 Å². The summed E-state index contributed by atoms with van der Waals surface area (Å²) in [6, 6.07) is 0. The summed E-state index contributed by atoms with van der Waals surface area (Å²) >= 11 is 0. The topological polar surface area (TPSA) is 26.0 Å².